The molecule has 4 unspecified atom stereocenters. The van der Waals surface area contributed by atoms with Gasteiger partial charge in [-0.2, -0.15) is 9.61 Å². The minimum atomic E-state index is -0.828. The van der Waals surface area contributed by atoms with E-state index in [0.717, 1.165) is 36.2 Å². The molecule has 5 rings (SSSR count). The second-order valence-electron chi connectivity index (χ2n) is 9.57. The summed E-state index contributed by atoms with van der Waals surface area (Å²) in [6.07, 6.45) is 6.78. The fourth-order valence-corrected chi connectivity index (χ4v) is 5.35. The maximum Gasteiger partial charge on any atom is 0.229 e. The van der Waals surface area contributed by atoms with Gasteiger partial charge in [-0.3, -0.25) is 4.98 Å². The predicted octanol–water partition coefficient (Wildman–Crippen LogP) is 4.04. The molecule has 0 aliphatic heterocycles. The van der Waals surface area contributed by atoms with Crippen LogP contribution < -0.4 is 15.8 Å². The number of aromatic nitrogens is 4. The van der Waals surface area contributed by atoms with Crippen molar-refractivity contribution in [1.29, 1.82) is 0 Å². The van der Waals surface area contributed by atoms with E-state index in [4.69, 9.17) is 20.3 Å². The van der Waals surface area contributed by atoms with Gasteiger partial charge in [-0.15, -0.1) is 0 Å². The van der Waals surface area contributed by atoms with Gasteiger partial charge in [0.2, 0.25) is 5.95 Å². The topological polar surface area (TPSA) is 120 Å². The van der Waals surface area contributed by atoms with Crippen molar-refractivity contribution in [1.82, 2.24) is 19.6 Å². The molecule has 0 saturated heterocycles. The molecule has 0 radical (unpaired) electrons. The molecule has 9 nitrogen and oxygen atoms in total. The number of benzene rings is 1. The molecule has 1 aliphatic rings. The van der Waals surface area contributed by atoms with Crippen molar-refractivity contribution in [2.24, 2.45) is 11.7 Å². The number of nitrogens with one attached hydrogen (secondary N) is 1. The molecule has 0 spiro atoms. The zero-order valence-electron chi connectivity index (χ0n) is 21.1. The molecule has 11 heteroatoms. The van der Waals surface area contributed by atoms with Gasteiger partial charge in [0.15, 0.2) is 0 Å². The highest BCUT2D eigenvalue weighted by atomic mass is 19.1. The zero-order valence-corrected chi connectivity index (χ0v) is 21.1. The monoisotopic (exact) mass is 524 g/mol. The molecule has 1 fully saturated rings. The van der Waals surface area contributed by atoms with E-state index in [1.54, 1.807) is 31.8 Å². The van der Waals surface area contributed by atoms with Gasteiger partial charge in [-0.05, 0) is 48.4 Å². The highest BCUT2D eigenvalue weighted by Gasteiger charge is 2.35. The van der Waals surface area contributed by atoms with Crippen LogP contribution in [-0.4, -0.2) is 57.2 Å². The number of rotatable bonds is 8. The van der Waals surface area contributed by atoms with Gasteiger partial charge in [-0.1, -0.05) is 6.92 Å². The predicted molar refractivity (Wildman–Crippen MR) is 138 cm³/mol. The average molecular weight is 525 g/mol. The van der Waals surface area contributed by atoms with Crippen LogP contribution >= 0.6 is 0 Å². The summed E-state index contributed by atoms with van der Waals surface area (Å²) in [6, 6.07) is 7.24. The van der Waals surface area contributed by atoms with Gasteiger partial charge in [0, 0.05) is 31.5 Å². The van der Waals surface area contributed by atoms with Crippen LogP contribution in [-0.2, 0) is 4.74 Å². The molecule has 1 saturated carbocycles. The third kappa shape index (κ3) is 5.04. The number of pyridine rings is 1. The number of anilines is 2. The summed E-state index contributed by atoms with van der Waals surface area (Å²) in [4.78, 5) is 8.73. The number of nitrogens with two attached hydrogens (primary N) is 1. The van der Waals surface area contributed by atoms with Gasteiger partial charge < -0.3 is 25.6 Å². The number of hydrogen-bond donors (Lipinski definition) is 3. The lowest BCUT2D eigenvalue weighted by atomic mass is 9.74. The summed E-state index contributed by atoms with van der Waals surface area (Å²) >= 11 is 0. The number of nitrogens with zero attached hydrogens (tertiary/aromatic N) is 4. The lowest BCUT2D eigenvalue weighted by molar-refractivity contribution is 0.00984. The first-order valence-corrected chi connectivity index (χ1v) is 12.5. The summed E-state index contributed by atoms with van der Waals surface area (Å²) in [5.41, 5.74) is 8.69. The van der Waals surface area contributed by atoms with Crippen molar-refractivity contribution in [2.75, 3.05) is 25.6 Å². The normalized spacial score (nSPS) is 21.5. The Balaban J connectivity index is 1.46. The Labute approximate surface area is 218 Å². The van der Waals surface area contributed by atoms with Gasteiger partial charge >= 0.3 is 0 Å². The Kier molecular flexibility index (Phi) is 7.50. The van der Waals surface area contributed by atoms with Crippen LogP contribution in [0.5, 0.6) is 5.75 Å². The summed E-state index contributed by atoms with van der Waals surface area (Å²) in [5.74, 6) is -0.806. The Hall–Kier alpha value is -3.67. The zero-order chi connectivity index (χ0) is 26.8. The highest BCUT2D eigenvalue weighted by Crippen LogP contribution is 2.40. The number of methoxy groups -OCH3 is 1. The first kappa shape index (κ1) is 26.0. The summed E-state index contributed by atoms with van der Waals surface area (Å²) in [6.45, 7) is 1.81. The van der Waals surface area contributed by atoms with Crippen LogP contribution in [0.1, 0.15) is 31.2 Å². The maximum absolute atomic E-state index is 14.9. The van der Waals surface area contributed by atoms with Crippen molar-refractivity contribution in [2.45, 2.75) is 37.8 Å². The fourth-order valence-electron chi connectivity index (χ4n) is 5.35. The fraction of sp³-hybridized carbons (Fsp3) is 0.370. The van der Waals surface area contributed by atoms with Gasteiger partial charge in [0.1, 0.15) is 24.0 Å². The van der Waals surface area contributed by atoms with E-state index in [0.29, 0.717) is 11.5 Å². The van der Waals surface area contributed by atoms with Crippen molar-refractivity contribution < 1.29 is 23.4 Å². The van der Waals surface area contributed by atoms with Gasteiger partial charge in [0.25, 0.3) is 0 Å². The molecule has 4 atom stereocenters. The molecule has 1 aromatic carbocycles. The number of imidazole rings is 1. The van der Waals surface area contributed by atoms with Crippen molar-refractivity contribution in [3.05, 3.63) is 66.1 Å². The van der Waals surface area contributed by atoms with Gasteiger partial charge in [0.05, 0.1) is 47.6 Å². The van der Waals surface area contributed by atoms with Crippen LogP contribution in [0.25, 0.3) is 16.8 Å². The molecule has 0 bridgehead atoms. The second kappa shape index (κ2) is 11.0. The van der Waals surface area contributed by atoms with E-state index < -0.39 is 11.6 Å². The molecule has 4 N–H and O–H groups in total. The first-order chi connectivity index (χ1) is 18.4. The smallest absolute Gasteiger partial charge is 0.229 e. The second-order valence-corrected chi connectivity index (χ2v) is 9.57. The summed E-state index contributed by atoms with van der Waals surface area (Å²) in [5, 5.41) is 16.7. The van der Waals surface area contributed by atoms with Crippen molar-refractivity contribution in [3.63, 3.8) is 0 Å². The third-order valence-corrected chi connectivity index (χ3v) is 7.02. The minimum absolute atomic E-state index is 0.0125. The van der Waals surface area contributed by atoms with Gasteiger partial charge in [-0.25, -0.2) is 13.8 Å². The molecule has 4 aromatic rings. The Morgan fingerprint density at radius 1 is 1.16 bits per heavy atom. The third-order valence-electron chi connectivity index (χ3n) is 7.02. The Morgan fingerprint density at radius 3 is 2.66 bits per heavy atom. The minimum Gasteiger partial charge on any atom is -0.491 e. The lowest BCUT2D eigenvalue weighted by Gasteiger charge is -2.38. The number of ether oxygens (including phenoxy) is 2. The molecular formula is C27H30F2N6O3. The molecule has 1 aliphatic carbocycles. The highest BCUT2D eigenvalue weighted by molar-refractivity contribution is 5.66. The van der Waals surface area contributed by atoms with E-state index >= 15 is 0 Å². The maximum atomic E-state index is 14.9. The summed E-state index contributed by atoms with van der Waals surface area (Å²) < 4.78 is 42.0. The molecule has 0 amide bonds. The van der Waals surface area contributed by atoms with E-state index in [9.17, 15) is 8.78 Å². The van der Waals surface area contributed by atoms with Crippen LogP contribution in [0.4, 0.5) is 20.4 Å². The van der Waals surface area contributed by atoms with E-state index in [2.05, 4.69) is 27.3 Å². The SMILES string of the molecule is COC1C(C)CC(c2ccncc2Nc2ncc3ccc(-c4c(F)cc(OCCO)cc4F)nn23)CC1N. The molecule has 3 heterocycles. The van der Waals surface area contributed by atoms with Crippen molar-refractivity contribution in [3.8, 4) is 17.0 Å². The van der Waals surface area contributed by atoms with E-state index in [1.165, 1.54) is 10.6 Å². The van der Waals surface area contributed by atoms with Crippen LogP contribution in [0, 0.1) is 17.6 Å². The molecule has 3 aromatic heterocycles. The standard InChI is InChI=1S/C27H30F2N6O3/c1-15-9-16(10-22(30)26(15)37-2)19-5-6-31-14-24(19)33-27-32-13-17-3-4-23(34-35(17)27)25-20(28)11-18(12-21(25)29)38-8-7-36/h3-6,11-16,22,26,36H,7-10,30H2,1-2H3,(H,32,33). The van der Waals surface area contributed by atoms with Crippen LogP contribution in [0.15, 0.2) is 48.9 Å². The van der Waals surface area contributed by atoms with E-state index in [1.807, 2.05) is 6.07 Å². The first-order valence-electron chi connectivity index (χ1n) is 12.5. The Morgan fingerprint density at radius 2 is 1.95 bits per heavy atom. The summed E-state index contributed by atoms with van der Waals surface area (Å²) in [7, 11) is 1.70. The van der Waals surface area contributed by atoms with Crippen LogP contribution in [0.2, 0.25) is 0 Å². The number of aliphatic hydroxyl groups is 1. The lowest BCUT2D eigenvalue weighted by Crippen LogP contribution is -2.45. The van der Waals surface area contributed by atoms with E-state index in [-0.39, 0.29) is 54.2 Å². The quantitative estimate of drug-likeness (QED) is 0.316. The average Bonchev–Trinajstić information content (AvgIpc) is 3.29. The molecular weight excluding hydrogens is 494 g/mol. The number of aliphatic hydroxyl groups excluding tert-OH is 1. The number of hydrogen-bond acceptors (Lipinski definition) is 8. The number of fused-ring (bicyclic) bond motifs is 1. The Bertz CT molecular complexity index is 1400. The van der Waals surface area contributed by atoms with Crippen molar-refractivity contribution >= 4 is 17.2 Å². The largest absolute Gasteiger partial charge is 0.491 e. The molecule has 200 valence electrons. The molecule has 38 heavy (non-hydrogen) atoms. The number of halogens is 2. The van der Waals surface area contributed by atoms with Crippen LogP contribution in [0.3, 0.4) is 0 Å².